The van der Waals surface area contributed by atoms with Crippen LogP contribution in [0.2, 0.25) is 0 Å². The van der Waals surface area contributed by atoms with Gasteiger partial charge in [0.25, 0.3) is 0 Å². The van der Waals surface area contributed by atoms with E-state index in [-0.39, 0.29) is 16.9 Å². The quantitative estimate of drug-likeness (QED) is 0.760. The molecule has 2 aromatic rings. The molecule has 1 aliphatic rings. The number of fused-ring (bicyclic) bond motifs is 1. The largest absolute Gasteiger partial charge is 0.493 e. The van der Waals surface area contributed by atoms with Crippen LogP contribution in [0.15, 0.2) is 22.7 Å². The van der Waals surface area contributed by atoms with Crippen LogP contribution in [0.25, 0.3) is 11.0 Å². The van der Waals surface area contributed by atoms with E-state index in [1.54, 1.807) is 0 Å². The number of halogens is 3. The summed E-state index contributed by atoms with van der Waals surface area (Å²) in [6.45, 7) is 1.78. The predicted octanol–water partition coefficient (Wildman–Crippen LogP) is 4.02. The van der Waals surface area contributed by atoms with Gasteiger partial charge in [0, 0.05) is 25.6 Å². The first-order chi connectivity index (χ1) is 11.9. The van der Waals surface area contributed by atoms with E-state index in [4.69, 9.17) is 9.26 Å². The Labute approximate surface area is 142 Å². The summed E-state index contributed by atoms with van der Waals surface area (Å²) in [5.74, 6) is 0.597. The topological polar surface area (TPSA) is 55.6 Å². The zero-order chi connectivity index (χ0) is 17.9. The molecule has 3 rings (SSSR count). The molecule has 1 aliphatic heterocycles. The molecule has 0 N–H and O–H groups in total. The molecule has 136 valence electrons. The second kappa shape index (κ2) is 7.33. The highest BCUT2D eigenvalue weighted by Gasteiger charge is 2.37. The van der Waals surface area contributed by atoms with E-state index in [1.165, 1.54) is 18.2 Å². The first-order valence-electron chi connectivity index (χ1n) is 8.32. The number of ether oxygens (including phenoxy) is 1. The summed E-state index contributed by atoms with van der Waals surface area (Å²) in [7, 11) is 0. The summed E-state index contributed by atoms with van der Waals surface area (Å²) in [4.78, 5) is 13.7. The van der Waals surface area contributed by atoms with Crippen molar-refractivity contribution in [3.63, 3.8) is 0 Å². The lowest BCUT2D eigenvalue weighted by Gasteiger charge is -2.20. The first-order valence-corrected chi connectivity index (χ1v) is 8.32. The predicted molar refractivity (Wildman–Crippen MR) is 84.2 cm³/mol. The van der Waals surface area contributed by atoms with E-state index >= 15 is 0 Å². The normalized spacial score (nSPS) is 16.3. The highest BCUT2D eigenvalue weighted by Crippen LogP contribution is 2.35. The molecule has 1 saturated heterocycles. The van der Waals surface area contributed by atoms with Crippen molar-refractivity contribution in [2.75, 3.05) is 19.7 Å². The third kappa shape index (κ3) is 4.24. The fourth-order valence-corrected chi connectivity index (χ4v) is 2.93. The molecule has 0 bridgehead atoms. The maximum absolute atomic E-state index is 12.8. The monoisotopic (exact) mass is 356 g/mol. The minimum atomic E-state index is -4.55. The number of aromatic nitrogens is 1. The minimum absolute atomic E-state index is 0.0347. The smallest absolute Gasteiger partial charge is 0.437 e. The maximum atomic E-state index is 12.8. The number of rotatable bonds is 5. The molecular weight excluding hydrogens is 337 g/mol. The molecule has 25 heavy (non-hydrogen) atoms. The lowest BCUT2D eigenvalue weighted by atomic mass is 10.2. The molecule has 1 aromatic heterocycles. The second-order valence-electron chi connectivity index (χ2n) is 6.08. The van der Waals surface area contributed by atoms with Crippen LogP contribution in [0.5, 0.6) is 5.75 Å². The fourth-order valence-electron chi connectivity index (χ4n) is 2.93. The van der Waals surface area contributed by atoms with Crippen molar-refractivity contribution < 1.29 is 27.2 Å². The number of hydrogen-bond acceptors (Lipinski definition) is 4. The van der Waals surface area contributed by atoms with Crippen LogP contribution in [0.4, 0.5) is 13.2 Å². The van der Waals surface area contributed by atoms with Gasteiger partial charge in [-0.05, 0) is 31.4 Å². The summed E-state index contributed by atoms with van der Waals surface area (Å²) in [6.07, 6.45) is -0.235. The Hall–Kier alpha value is -2.25. The van der Waals surface area contributed by atoms with Gasteiger partial charge < -0.3 is 14.2 Å². The first kappa shape index (κ1) is 17.6. The summed E-state index contributed by atoms with van der Waals surface area (Å²) in [6, 6.07) is 4.16. The minimum Gasteiger partial charge on any atom is -0.493 e. The Kier molecular flexibility index (Phi) is 5.15. The zero-order valence-electron chi connectivity index (χ0n) is 13.6. The Morgan fingerprint density at radius 3 is 2.88 bits per heavy atom. The van der Waals surface area contributed by atoms with Crippen molar-refractivity contribution in [1.29, 1.82) is 0 Å². The van der Waals surface area contributed by atoms with E-state index < -0.39 is 11.9 Å². The van der Waals surface area contributed by atoms with Crippen molar-refractivity contribution in [2.45, 2.75) is 38.3 Å². The molecule has 0 aliphatic carbocycles. The number of hydrogen-bond donors (Lipinski definition) is 0. The summed E-state index contributed by atoms with van der Waals surface area (Å²) in [5, 5.41) is 2.99. The van der Waals surface area contributed by atoms with Crippen LogP contribution in [0.3, 0.4) is 0 Å². The highest BCUT2D eigenvalue weighted by atomic mass is 19.4. The lowest BCUT2D eigenvalue weighted by Crippen LogP contribution is -2.31. The van der Waals surface area contributed by atoms with Crippen molar-refractivity contribution in [3.05, 3.63) is 23.9 Å². The van der Waals surface area contributed by atoms with Gasteiger partial charge in [0.15, 0.2) is 11.3 Å². The Balaban J connectivity index is 1.54. The summed E-state index contributed by atoms with van der Waals surface area (Å²) >= 11 is 0. The van der Waals surface area contributed by atoms with E-state index in [2.05, 4.69) is 5.16 Å². The van der Waals surface area contributed by atoms with E-state index in [1.807, 2.05) is 4.90 Å². The molecule has 0 spiro atoms. The van der Waals surface area contributed by atoms with Crippen molar-refractivity contribution in [1.82, 2.24) is 10.1 Å². The van der Waals surface area contributed by atoms with Gasteiger partial charge >= 0.3 is 6.18 Å². The maximum Gasteiger partial charge on any atom is 0.437 e. The standard InChI is InChI=1S/C17H19F3N2O3/c18-17(19,20)16-13-7-6-12(11-14(13)25-21-16)24-10-4-9-22-8-3-1-2-5-15(22)23/h6-7,11H,1-5,8-10H2. The van der Waals surface area contributed by atoms with Gasteiger partial charge in [-0.3, -0.25) is 4.79 Å². The Morgan fingerprint density at radius 2 is 2.08 bits per heavy atom. The number of alkyl halides is 3. The Bertz CT molecular complexity index is 742. The highest BCUT2D eigenvalue weighted by molar-refractivity contribution is 5.81. The van der Waals surface area contributed by atoms with Crippen LogP contribution in [0.1, 0.15) is 37.8 Å². The van der Waals surface area contributed by atoms with Gasteiger partial charge in [-0.25, -0.2) is 0 Å². The van der Waals surface area contributed by atoms with Gasteiger partial charge in [0.1, 0.15) is 5.75 Å². The molecule has 8 heteroatoms. The molecule has 0 unspecified atom stereocenters. The molecule has 0 atom stereocenters. The van der Waals surface area contributed by atoms with Crippen LogP contribution in [0, 0.1) is 0 Å². The zero-order valence-corrected chi connectivity index (χ0v) is 13.6. The fraction of sp³-hybridized carbons (Fsp3) is 0.529. The van der Waals surface area contributed by atoms with E-state index in [0.29, 0.717) is 31.7 Å². The van der Waals surface area contributed by atoms with Gasteiger partial charge in [-0.15, -0.1) is 0 Å². The average Bonchev–Trinajstić information content (AvgIpc) is 2.89. The summed E-state index contributed by atoms with van der Waals surface area (Å²) < 4.78 is 48.6. The van der Waals surface area contributed by atoms with Crippen molar-refractivity contribution >= 4 is 16.9 Å². The van der Waals surface area contributed by atoms with Gasteiger partial charge in [-0.2, -0.15) is 13.2 Å². The number of carbonyl (C=O) groups is 1. The number of carbonyl (C=O) groups excluding carboxylic acids is 1. The van der Waals surface area contributed by atoms with Gasteiger partial charge in [-0.1, -0.05) is 11.6 Å². The third-order valence-electron chi connectivity index (χ3n) is 4.22. The van der Waals surface area contributed by atoms with Gasteiger partial charge in [0.2, 0.25) is 5.91 Å². The third-order valence-corrected chi connectivity index (χ3v) is 4.22. The van der Waals surface area contributed by atoms with Crippen molar-refractivity contribution in [3.8, 4) is 5.75 Å². The number of benzene rings is 1. The summed E-state index contributed by atoms with van der Waals surface area (Å²) in [5.41, 5.74) is -0.999. The molecule has 5 nitrogen and oxygen atoms in total. The molecule has 1 amide bonds. The van der Waals surface area contributed by atoms with Crippen LogP contribution in [-0.4, -0.2) is 35.7 Å². The SMILES string of the molecule is O=C1CCCCCN1CCCOc1ccc2c(C(F)(F)F)noc2c1. The molecule has 1 fully saturated rings. The van der Waals surface area contributed by atoms with E-state index in [0.717, 1.165) is 25.8 Å². The molecule has 1 aromatic carbocycles. The number of likely N-dealkylation sites (tertiary alicyclic amines) is 1. The van der Waals surface area contributed by atoms with Gasteiger partial charge in [0.05, 0.1) is 12.0 Å². The van der Waals surface area contributed by atoms with Crippen LogP contribution in [-0.2, 0) is 11.0 Å². The van der Waals surface area contributed by atoms with Crippen molar-refractivity contribution in [2.24, 2.45) is 0 Å². The van der Waals surface area contributed by atoms with Crippen LogP contribution < -0.4 is 4.74 Å². The lowest BCUT2D eigenvalue weighted by molar-refractivity contribution is -0.141. The number of nitrogens with zero attached hydrogens (tertiary/aromatic N) is 2. The molecule has 0 radical (unpaired) electrons. The molecule has 0 saturated carbocycles. The molecule has 2 heterocycles. The number of amides is 1. The van der Waals surface area contributed by atoms with Crippen LogP contribution >= 0.6 is 0 Å². The second-order valence-corrected chi connectivity index (χ2v) is 6.08. The Morgan fingerprint density at radius 1 is 1.24 bits per heavy atom. The van der Waals surface area contributed by atoms with E-state index in [9.17, 15) is 18.0 Å². The average molecular weight is 356 g/mol. The molecular formula is C17H19F3N2O3.